The van der Waals surface area contributed by atoms with Gasteiger partial charge < -0.3 is 9.63 Å². The normalized spacial score (nSPS) is 22.1. The second-order valence-electron chi connectivity index (χ2n) is 5.21. The van der Waals surface area contributed by atoms with Gasteiger partial charge >= 0.3 is 0 Å². The fraction of sp³-hybridized carbons (Fsp3) is 0.846. The highest BCUT2D eigenvalue weighted by molar-refractivity contribution is 5.00. The zero-order chi connectivity index (χ0) is 12.3. The molecule has 1 N–H and O–H groups in total. The van der Waals surface area contributed by atoms with Gasteiger partial charge in [-0.15, -0.1) is 0 Å². The van der Waals surface area contributed by atoms with Gasteiger partial charge in [-0.2, -0.15) is 4.98 Å². The molecule has 4 nitrogen and oxygen atoms in total. The van der Waals surface area contributed by atoms with Crippen LogP contribution in [0.1, 0.15) is 75.9 Å². The molecule has 2 unspecified atom stereocenters. The predicted octanol–water partition coefficient (Wildman–Crippen LogP) is 2.99. The van der Waals surface area contributed by atoms with Crippen LogP contribution in [0.5, 0.6) is 0 Å². The lowest BCUT2D eigenvalue weighted by Gasteiger charge is -2.09. The van der Waals surface area contributed by atoms with Crippen LogP contribution >= 0.6 is 0 Å². The SMILES string of the molecule is CC(O)C(C)c1nc(C2CCCCCC2)no1. The highest BCUT2D eigenvalue weighted by Crippen LogP contribution is 2.30. The monoisotopic (exact) mass is 238 g/mol. The van der Waals surface area contributed by atoms with Gasteiger partial charge in [-0.3, -0.25) is 0 Å². The molecular weight excluding hydrogens is 216 g/mol. The minimum atomic E-state index is -0.447. The summed E-state index contributed by atoms with van der Waals surface area (Å²) in [6, 6.07) is 0. The van der Waals surface area contributed by atoms with Crippen molar-refractivity contribution in [3.05, 3.63) is 11.7 Å². The second kappa shape index (κ2) is 5.63. The van der Waals surface area contributed by atoms with Crippen molar-refractivity contribution in [2.45, 2.75) is 70.3 Å². The van der Waals surface area contributed by atoms with E-state index < -0.39 is 6.10 Å². The Morgan fingerprint density at radius 3 is 2.41 bits per heavy atom. The van der Waals surface area contributed by atoms with E-state index in [1.54, 1.807) is 6.92 Å². The Kier molecular flexibility index (Phi) is 4.15. The van der Waals surface area contributed by atoms with E-state index in [-0.39, 0.29) is 5.92 Å². The van der Waals surface area contributed by atoms with Gasteiger partial charge in [0.2, 0.25) is 5.89 Å². The highest BCUT2D eigenvalue weighted by atomic mass is 16.5. The minimum Gasteiger partial charge on any atom is -0.393 e. The Labute approximate surface area is 102 Å². The molecule has 2 rings (SSSR count). The Balaban J connectivity index is 2.06. The number of hydrogen-bond donors (Lipinski definition) is 1. The van der Waals surface area contributed by atoms with Gasteiger partial charge in [-0.1, -0.05) is 37.8 Å². The molecule has 0 aromatic carbocycles. The number of aliphatic hydroxyl groups excluding tert-OH is 1. The third-order valence-corrected chi connectivity index (χ3v) is 3.79. The van der Waals surface area contributed by atoms with Crippen LogP contribution in [-0.4, -0.2) is 21.4 Å². The largest absolute Gasteiger partial charge is 0.393 e. The quantitative estimate of drug-likeness (QED) is 0.822. The summed E-state index contributed by atoms with van der Waals surface area (Å²) in [4.78, 5) is 4.46. The summed E-state index contributed by atoms with van der Waals surface area (Å²) < 4.78 is 5.26. The van der Waals surface area contributed by atoms with E-state index in [0.717, 1.165) is 5.82 Å². The Morgan fingerprint density at radius 1 is 1.18 bits per heavy atom. The van der Waals surface area contributed by atoms with Crippen molar-refractivity contribution in [3.8, 4) is 0 Å². The zero-order valence-corrected chi connectivity index (χ0v) is 10.7. The summed E-state index contributed by atoms with van der Waals surface area (Å²) >= 11 is 0. The average Bonchev–Trinajstić information content (AvgIpc) is 2.64. The van der Waals surface area contributed by atoms with Gasteiger partial charge in [0.1, 0.15) is 0 Å². The van der Waals surface area contributed by atoms with Crippen molar-refractivity contribution < 1.29 is 9.63 Å². The molecule has 0 bridgehead atoms. The van der Waals surface area contributed by atoms with E-state index in [1.807, 2.05) is 6.92 Å². The maximum Gasteiger partial charge on any atom is 0.232 e. The molecule has 0 radical (unpaired) electrons. The van der Waals surface area contributed by atoms with E-state index in [1.165, 1.54) is 38.5 Å². The minimum absolute atomic E-state index is 0.0815. The first-order valence-corrected chi connectivity index (χ1v) is 6.70. The molecule has 1 saturated carbocycles. The van der Waals surface area contributed by atoms with Crippen LogP contribution < -0.4 is 0 Å². The topological polar surface area (TPSA) is 59.2 Å². The molecule has 1 aromatic heterocycles. The van der Waals surface area contributed by atoms with E-state index in [4.69, 9.17) is 4.52 Å². The molecule has 0 aliphatic heterocycles. The second-order valence-corrected chi connectivity index (χ2v) is 5.21. The molecule has 4 heteroatoms. The molecule has 1 aliphatic rings. The average molecular weight is 238 g/mol. The Hall–Kier alpha value is -0.900. The van der Waals surface area contributed by atoms with Crippen molar-refractivity contribution in [3.63, 3.8) is 0 Å². The molecule has 0 saturated heterocycles. The van der Waals surface area contributed by atoms with Gasteiger partial charge in [0.25, 0.3) is 0 Å². The van der Waals surface area contributed by atoms with Crippen LogP contribution in [0, 0.1) is 0 Å². The van der Waals surface area contributed by atoms with Crippen molar-refractivity contribution in [1.82, 2.24) is 10.1 Å². The van der Waals surface area contributed by atoms with Crippen LogP contribution in [0.2, 0.25) is 0 Å². The third-order valence-electron chi connectivity index (χ3n) is 3.79. The molecule has 1 heterocycles. The summed E-state index contributed by atoms with van der Waals surface area (Å²) in [7, 11) is 0. The highest BCUT2D eigenvalue weighted by Gasteiger charge is 2.23. The molecule has 1 fully saturated rings. The van der Waals surface area contributed by atoms with E-state index in [0.29, 0.717) is 11.8 Å². The number of hydrogen-bond acceptors (Lipinski definition) is 4. The summed E-state index contributed by atoms with van der Waals surface area (Å²) in [6.45, 7) is 3.66. The van der Waals surface area contributed by atoms with Crippen LogP contribution in [0.25, 0.3) is 0 Å². The van der Waals surface area contributed by atoms with Gasteiger partial charge in [-0.25, -0.2) is 0 Å². The van der Waals surface area contributed by atoms with Gasteiger partial charge in [-0.05, 0) is 19.8 Å². The van der Waals surface area contributed by atoms with Crippen molar-refractivity contribution in [2.24, 2.45) is 0 Å². The van der Waals surface area contributed by atoms with Gasteiger partial charge in [0.05, 0.1) is 12.0 Å². The Morgan fingerprint density at radius 2 is 1.82 bits per heavy atom. The number of aromatic nitrogens is 2. The molecule has 1 aromatic rings. The maximum atomic E-state index is 9.51. The molecule has 1 aliphatic carbocycles. The fourth-order valence-electron chi connectivity index (χ4n) is 2.34. The summed E-state index contributed by atoms with van der Waals surface area (Å²) in [5.74, 6) is 1.78. The molecule has 0 amide bonds. The smallest absolute Gasteiger partial charge is 0.232 e. The van der Waals surface area contributed by atoms with Gasteiger partial charge in [0.15, 0.2) is 5.82 Å². The first kappa shape index (κ1) is 12.6. The van der Waals surface area contributed by atoms with E-state index in [2.05, 4.69) is 10.1 Å². The summed E-state index contributed by atoms with van der Waals surface area (Å²) in [5.41, 5.74) is 0. The lowest BCUT2D eigenvalue weighted by Crippen LogP contribution is -2.11. The molecule has 17 heavy (non-hydrogen) atoms. The van der Waals surface area contributed by atoms with Crippen LogP contribution in [0.15, 0.2) is 4.52 Å². The lowest BCUT2D eigenvalue weighted by atomic mass is 10.00. The van der Waals surface area contributed by atoms with Crippen molar-refractivity contribution >= 4 is 0 Å². The standard InChI is InChI=1S/C13H22N2O2/c1-9(10(2)16)13-14-12(15-17-13)11-7-5-3-4-6-8-11/h9-11,16H,3-8H2,1-2H3. The first-order chi connectivity index (χ1) is 8.18. The number of nitrogens with zero attached hydrogens (tertiary/aromatic N) is 2. The van der Waals surface area contributed by atoms with Crippen LogP contribution in [0.3, 0.4) is 0 Å². The summed E-state index contributed by atoms with van der Waals surface area (Å²) in [5, 5.41) is 13.6. The summed E-state index contributed by atoms with van der Waals surface area (Å²) in [6.07, 6.45) is 7.07. The van der Waals surface area contributed by atoms with E-state index in [9.17, 15) is 5.11 Å². The molecular formula is C13H22N2O2. The van der Waals surface area contributed by atoms with Crippen LogP contribution in [0.4, 0.5) is 0 Å². The van der Waals surface area contributed by atoms with Crippen molar-refractivity contribution in [2.75, 3.05) is 0 Å². The number of rotatable bonds is 3. The maximum absolute atomic E-state index is 9.51. The van der Waals surface area contributed by atoms with Gasteiger partial charge in [0, 0.05) is 5.92 Å². The zero-order valence-electron chi connectivity index (χ0n) is 10.7. The predicted molar refractivity (Wildman–Crippen MR) is 64.8 cm³/mol. The fourth-order valence-corrected chi connectivity index (χ4v) is 2.34. The van der Waals surface area contributed by atoms with E-state index >= 15 is 0 Å². The molecule has 0 spiro atoms. The lowest BCUT2D eigenvalue weighted by molar-refractivity contribution is 0.151. The number of aliphatic hydroxyl groups is 1. The first-order valence-electron chi connectivity index (χ1n) is 6.70. The third kappa shape index (κ3) is 3.06. The van der Waals surface area contributed by atoms with Crippen LogP contribution in [-0.2, 0) is 0 Å². The molecule has 96 valence electrons. The van der Waals surface area contributed by atoms with Crippen molar-refractivity contribution in [1.29, 1.82) is 0 Å². The molecule has 2 atom stereocenters. The Bertz CT molecular complexity index is 341.